The van der Waals surface area contributed by atoms with Crippen molar-refractivity contribution < 1.29 is 9.59 Å². The smallest absolute Gasteiger partial charge is 0.248 e. The number of rotatable bonds is 9. The third kappa shape index (κ3) is 6.13. The van der Waals surface area contributed by atoms with Crippen LogP contribution in [0.1, 0.15) is 62.1 Å². The molecule has 2 amide bonds. The highest BCUT2D eigenvalue weighted by atomic mass is 16.2. The fourth-order valence-corrected chi connectivity index (χ4v) is 4.60. The van der Waals surface area contributed by atoms with Gasteiger partial charge in [0.15, 0.2) is 0 Å². The first kappa shape index (κ1) is 24.3. The van der Waals surface area contributed by atoms with Gasteiger partial charge in [-0.1, -0.05) is 26.7 Å². The maximum atomic E-state index is 13.3. The molecule has 1 saturated carbocycles. The monoisotopic (exact) mass is 450 g/mol. The predicted molar refractivity (Wildman–Crippen MR) is 127 cm³/mol. The molecule has 0 bridgehead atoms. The maximum absolute atomic E-state index is 13.3. The van der Waals surface area contributed by atoms with Crippen molar-refractivity contribution in [2.24, 2.45) is 24.6 Å². The fourth-order valence-electron chi connectivity index (χ4n) is 4.60. The Morgan fingerprint density at radius 1 is 1.27 bits per heavy atom. The van der Waals surface area contributed by atoms with Gasteiger partial charge in [-0.3, -0.25) is 9.59 Å². The summed E-state index contributed by atoms with van der Waals surface area (Å²) in [5.74, 6) is 0.428. The van der Waals surface area contributed by atoms with E-state index in [2.05, 4.69) is 21.3 Å². The number of nitriles is 1. The Balaban J connectivity index is 1.90. The zero-order chi connectivity index (χ0) is 24.0. The standard InChI is InChI=1S/C25H34N6O2/c1-17(2)14-19(15-26)29-25(33)21-6-4-5-7-22(21)31(16-23-28-12-13-30(23)3)20-10-8-18(9-11-20)24(27)32/h8-13,17,19,21-22H,4-7,14,16H2,1-3H3,(H2,27,32)(H,29,33)/t19-,21+,22-/m0/s1. The van der Waals surface area contributed by atoms with Crippen LogP contribution >= 0.6 is 0 Å². The number of imidazole rings is 1. The van der Waals surface area contributed by atoms with E-state index < -0.39 is 11.9 Å². The molecule has 1 aliphatic rings. The van der Waals surface area contributed by atoms with E-state index in [0.29, 0.717) is 24.4 Å². The molecule has 1 aliphatic carbocycles. The third-order valence-electron chi connectivity index (χ3n) is 6.36. The van der Waals surface area contributed by atoms with E-state index in [1.807, 2.05) is 43.8 Å². The maximum Gasteiger partial charge on any atom is 0.248 e. The lowest BCUT2D eigenvalue weighted by atomic mass is 9.82. The molecule has 0 aliphatic heterocycles. The number of nitrogens with one attached hydrogen (secondary N) is 1. The van der Waals surface area contributed by atoms with Crippen molar-refractivity contribution in [2.45, 2.75) is 64.6 Å². The Bertz CT molecular complexity index is 991. The van der Waals surface area contributed by atoms with Crippen LogP contribution in [0.5, 0.6) is 0 Å². The number of nitrogens with zero attached hydrogens (tertiary/aromatic N) is 4. The number of nitrogens with two attached hydrogens (primary N) is 1. The first-order valence-electron chi connectivity index (χ1n) is 11.6. The zero-order valence-corrected chi connectivity index (χ0v) is 19.7. The summed E-state index contributed by atoms with van der Waals surface area (Å²) < 4.78 is 1.97. The van der Waals surface area contributed by atoms with E-state index in [1.165, 1.54) is 0 Å². The van der Waals surface area contributed by atoms with Gasteiger partial charge in [-0.2, -0.15) is 5.26 Å². The van der Waals surface area contributed by atoms with Crippen LogP contribution in [-0.2, 0) is 18.4 Å². The topological polar surface area (TPSA) is 117 Å². The highest BCUT2D eigenvalue weighted by molar-refractivity contribution is 5.93. The third-order valence-corrected chi connectivity index (χ3v) is 6.36. The van der Waals surface area contributed by atoms with Crippen molar-refractivity contribution in [3.05, 3.63) is 48.0 Å². The van der Waals surface area contributed by atoms with Crippen LogP contribution < -0.4 is 16.0 Å². The van der Waals surface area contributed by atoms with Gasteiger partial charge in [0, 0.05) is 36.7 Å². The zero-order valence-electron chi connectivity index (χ0n) is 19.7. The van der Waals surface area contributed by atoms with Crippen molar-refractivity contribution in [2.75, 3.05) is 4.90 Å². The quantitative estimate of drug-likeness (QED) is 0.609. The molecular weight excluding hydrogens is 416 g/mol. The van der Waals surface area contributed by atoms with Crippen LogP contribution in [0.15, 0.2) is 36.7 Å². The lowest BCUT2D eigenvalue weighted by Gasteiger charge is -2.41. The van der Waals surface area contributed by atoms with Gasteiger partial charge >= 0.3 is 0 Å². The highest BCUT2D eigenvalue weighted by Crippen LogP contribution is 2.33. The van der Waals surface area contributed by atoms with Gasteiger partial charge < -0.3 is 20.5 Å². The number of primary amides is 1. The van der Waals surface area contributed by atoms with Crippen LogP contribution in [0.2, 0.25) is 0 Å². The molecule has 3 atom stereocenters. The van der Waals surface area contributed by atoms with Crippen LogP contribution in [0.4, 0.5) is 5.69 Å². The van der Waals surface area contributed by atoms with Crippen molar-refractivity contribution in [3.8, 4) is 6.07 Å². The Hall–Kier alpha value is -3.34. The minimum atomic E-state index is -0.488. The molecular formula is C25H34N6O2. The van der Waals surface area contributed by atoms with E-state index in [-0.39, 0.29) is 17.9 Å². The second-order valence-electron chi connectivity index (χ2n) is 9.27. The van der Waals surface area contributed by atoms with E-state index in [0.717, 1.165) is 37.2 Å². The molecule has 1 aromatic carbocycles. The van der Waals surface area contributed by atoms with Crippen LogP contribution in [0.25, 0.3) is 0 Å². The lowest BCUT2D eigenvalue weighted by Crippen LogP contribution is -2.50. The van der Waals surface area contributed by atoms with Gasteiger partial charge in [-0.15, -0.1) is 0 Å². The van der Waals surface area contributed by atoms with Crippen LogP contribution in [0, 0.1) is 23.2 Å². The molecule has 1 fully saturated rings. The Morgan fingerprint density at radius 3 is 2.55 bits per heavy atom. The Morgan fingerprint density at radius 2 is 1.97 bits per heavy atom. The molecule has 8 heteroatoms. The van der Waals surface area contributed by atoms with E-state index in [1.54, 1.807) is 18.3 Å². The SMILES string of the molecule is CC(C)C[C@@H](C#N)NC(=O)[C@@H]1CCCC[C@@H]1N(Cc1nccn1C)c1ccc(C(N)=O)cc1. The average Bonchev–Trinajstić information content (AvgIpc) is 3.21. The second-order valence-corrected chi connectivity index (χ2v) is 9.27. The summed E-state index contributed by atoms with van der Waals surface area (Å²) in [5, 5.41) is 12.5. The van der Waals surface area contributed by atoms with E-state index >= 15 is 0 Å². The van der Waals surface area contributed by atoms with E-state index in [4.69, 9.17) is 5.73 Å². The molecule has 1 heterocycles. The summed E-state index contributed by atoms with van der Waals surface area (Å²) >= 11 is 0. The largest absolute Gasteiger partial charge is 0.366 e. The first-order chi connectivity index (χ1) is 15.8. The van der Waals surface area contributed by atoms with Crippen molar-refractivity contribution in [3.63, 3.8) is 0 Å². The first-order valence-corrected chi connectivity index (χ1v) is 11.6. The molecule has 0 radical (unpaired) electrons. The van der Waals surface area contributed by atoms with Crippen molar-refractivity contribution in [1.82, 2.24) is 14.9 Å². The molecule has 0 unspecified atom stereocenters. The summed E-state index contributed by atoms with van der Waals surface area (Å²) in [7, 11) is 1.95. The van der Waals surface area contributed by atoms with Gasteiger partial charge in [0.25, 0.3) is 0 Å². The number of anilines is 1. The average molecular weight is 451 g/mol. The molecule has 3 N–H and O–H groups in total. The van der Waals surface area contributed by atoms with Gasteiger partial charge in [-0.25, -0.2) is 4.98 Å². The lowest BCUT2D eigenvalue weighted by molar-refractivity contribution is -0.127. The number of carbonyl (C=O) groups excluding carboxylic acids is 2. The number of aromatic nitrogens is 2. The Kier molecular flexibility index (Phi) is 8.10. The number of amides is 2. The fraction of sp³-hybridized carbons (Fsp3) is 0.520. The van der Waals surface area contributed by atoms with Crippen LogP contribution in [0.3, 0.4) is 0 Å². The molecule has 2 aromatic rings. The second kappa shape index (κ2) is 11.0. The minimum Gasteiger partial charge on any atom is -0.366 e. The van der Waals surface area contributed by atoms with Crippen molar-refractivity contribution in [1.29, 1.82) is 5.26 Å². The molecule has 176 valence electrons. The van der Waals surface area contributed by atoms with Crippen LogP contribution in [-0.4, -0.2) is 33.4 Å². The number of hydrogen-bond donors (Lipinski definition) is 2. The Labute approximate surface area is 195 Å². The molecule has 0 spiro atoms. The number of aryl methyl sites for hydroxylation is 1. The summed E-state index contributed by atoms with van der Waals surface area (Å²) in [6.45, 7) is 4.62. The molecule has 0 saturated heterocycles. The minimum absolute atomic E-state index is 0.0479. The number of hydrogen-bond acceptors (Lipinski definition) is 5. The number of carbonyl (C=O) groups is 2. The predicted octanol–water partition coefficient (Wildman–Crippen LogP) is 3.14. The summed E-state index contributed by atoms with van der Waals surface area (Å²) in [6.07, 6.45) is 7.93. The highest BCUT2D eigenvalue weighted by Gasteiger charge is 2.36. The van der Waals surface area contributed by atoms with Crippen molar-refractivity contribution >= 4 is 17.5 Å². The summed E-state index contributed by atoms with van der Waals surface area (Å²) in [6, 6.07) is 8.89. The molecule has 33 heavy (non-hydrogen) atoms. The number of benzene rings is 1. The summed E-state index contributed by atoms with van der Waals surface area (Å²) in [5.41, 5.74) is 6.78. The van der Waals surface area contributed by atoms with Gasteiger partial charge in [0.05, 0.1) is 18.5 Å². The molecule has 3 rings (SSSR count). The summed E-state index contributed by atoms with van der Waals surface area (Å²) in [4.78, 5) is 31.6. The van der Waals surface area contributed by atoms with Gasteiger partial charge in [0.2, 0.25) is 11.8 Å². The molecule has 8 nitrogen and oxygen atoms in total. The van der Waals surface area contributed by atoms with E-state index in [9.17, 15) is 14.9 Å². The normalized spacial score (nSPS) is 19.0. The van der Waals surface area contributed by atoms with Gasteiger partial charge in [0.1, 0.15) is 11.9 Å². The molecule has 1 aromatic heterocycles. The van der Waals surface area contributed by atoms with Gasteiger partial charge in [-0.05, 0) is 49.4 Å².